The van der Waals surface area contributed by atoms with Crippen LogP contribution >= 0.6 is 0 Å². The molecular formula is C12H12F3N. The highest BCUT2D eigenvalue weighted by Gasteiger charge is 2.30. The first-order chi connectivity index (χ1) is 7.57. The van der Waals surface area contributed by atoms with Gasteiger partial charge < -0.3 is 5.32 Å². The highest BCUT2D eigenvalue weighted by molar-refractivity contribution is 5.27. The molecular weight excluding hydrogens is 215 g/mol. The summed E-state index contributed by atoms with van der Waals surface area (Å²) in [5.41, 5.74) is 0.306. The van der Waals surface area contributed by atoms with Gasteiger partial charge in [0.05, 0.1) is 5.56 Å². The standard InChI is InChI=1S/C12H12F3N/c13-12(14,15)10-6-4-9(5-7-10)11-3-1-2-8-16-11/h1-2,4-7,11,16H,3,8H2. The van der Waals surface area contributed by atoms with Gasteiger partial charge in [-0.15, -0.1) is 0 Å². The van der Waals surface area contributed by atoms with Gasteiger partial charge in [-0.25, -0.2) is 0 Å². The maximum Gasteiger partial charge on any atom is 0.416 e. The van der Waals surface area contributed by atoms with Gasteiger partial charge in [-0.1, -0.05) is 24.3 Å². The van der Waals surface area contributed by atoms with Crippen molar-refractivity contribution in [1.82, 2.24) is 5.32 Å². The van der Waals surface area contributed by atoms with E-state index in [4.69, 9.17) is 0 Å². The van der Waals surface area contributed by atoms with Gasteiger partial charge in [0.15, 0.2) is 0 Å². The Labute approximate surface area is 92.0 Å². The lowest BCUT2D eigenvalue weighted by Crippen LogP contribution is -2.23. The third kappa shape index (κ3) is 2.44. The van der Waals surface area contributed by atoms with Crippen molar-refractivity contribution < 1.29 is 13.2 Å². The maximum absolute atomic E-state index is 12.3. The van der Waals surface area contributed by atoms with Gasteiger partial charge >= 0.3 is 6.18 Å². The number of halogens is 3. The highest BCUT2D eigenvalue weighted by Crippen LogP contribution is 2.30. The van der Waals surface area contributed by atoms with Crippen LogP contribution in [0.1, 0.15) is 23.6 Å². The average Bonchev–Trinajstić information content (AvgIpc) is 2.29. The molecule has 4 heteroatoms. The van der Waals surface area contributed by atoms with Crippen LogP contribution in [0, 0.1) is 0 Å². The lowest BCUT2D eigenvalue weighted by atomic mass is 10.00. The maximum atomic E-state index is 12.3. The summed E-state index contributed by atoms with van der Waals surface area (Å²) in [7, 11) is 0. The molecule has 0 radical (unpaired) electrons. The third-order valence-electron chi connectivity index (χ3n) is 2.66. The van der Waals surface area contributed by atoms with Crippen LogP contribution in [0.2, 0.25) is 0 Å². The number of benzene rings is 1. The molecule has 0 amide bonds. The molecule has 0 bridgehead atoms. The molecule has 0 saturated carbocycles. The second-order valence-corrected chi connectivity index (χ2v) is 3.79. The van der Waals surface area contributed by atoms with Crippen molar-refractivity contribution in [2.75, 3.05) is 6.54 Å². The van der Waals surface area contributed by atoms with Crippen molar-refractivity contribution in [2.45, 2.75) is 18.6 Å². The number of alkyl halides is 3. The monoisotopic (exact) mass is 227 g/mol. The van der Waals surface area contributed by atoms with Crippen molar-refractivity contribution >= 4 is 0 Å². The van der Waals surface area contributed by atoms with Gasteiger partial charge in [0.1, 0.15) is 0 Å². The summed E-state index contributed by atoms with van der Waals surface area (Å²) >= 11 is 0. The predicted molar refractivity (Wildman–Crippen MR) is 55.9 cm³/mol. The van der Waals surface area contributed by atoms with E-state index in [2.05, 4.69) is 5.32 Å². The Morgan fingerprint density at radius 2 is 1.75 bits per heavy atom. The van der Waals surface area contributed by atoms with Crippen LogP contribution in [0.3, 0.4) is 0 Å². The largest absolute Gasteiger partial charge is 0.416 e. The second-order valence-electron chi connectivity index (χ2n) is 3.79. The molecule has 1 aromatic rings. The van der Waals surface area contributed by atoms with Crippen molar-refractivity contribution in [3.05, 3.63) is 47.5 Å². The van der Waals surface area contributed by atoms with Gasteiger partial charge in [0, 0.05) is 12.6 Å². The van der Waals surface area contributed by atoms with E-state index in [1.165, 1.54) is 0 Å². The van der Waals surface area contributed by atoms with Crippen LogP contribution in [-0.2, 0) is 6.18 Å². The molecule has 86 valence electrons. The molecule has 0 saturated heterocycles. The first kappa shape index (κ1) is 11.2. The Kier molecular flexibility index (Phi) is 3.01. The van der Waals surface area contributed by atoms with Gasteiger partial charge in [0.25, 0.3) is 0 Å². The smallest absolute Gasteiger partial charge is 0.306 e. The number of hydrogen-bond acceptors (Lipinski definition) is 1. The minimum atomic E-state index is -4.25. The Morgan fingerprint density at radius 3 is 2.25 bits per heavy atom. The molecule has 0 fully saturated rings. The normalized spacial score (nSPS) is 21.1. The zero-order valence-corrected chi connectivity index (χ0v) is 8.59. The van der Waals surface area contributed by atoms with Gasteiger partial charge in [-0.3, -0.25) is 0 Å². The summed E-state index contributed by atoms with van der Waals surface area (Å²) in [5.74, 6) is 0. The third-order valence-corrected chi connectivity index (χ3v) is 2.66. The molecule has 0 aliphatic carbocycles. The van der Waals surface area contributed by atoms with Crippen molar-refractivity contribution in [1.29, 1.82) is 0 Å². The first-order valence-electron chi connectivity index (χ1n) is 5.13. The molecule has 16 heavy (non-hydrogen) atoms. The first-order valence-corrected chi connectivity index (χ1v) is 5.13. The number of hydrogen-bond donors (Lipinski definition) is 1. The van der Waals surface area contributed by atoms with E-state index in [1.807, 2.05) is 12.2 Å². The summed E-state index contributed by atoms with van der Waals surface area (Å²) < 4.78 is 37.0. The van der Waals surface area contributed by atoms with Crippen LogP contribution in [0.15, 0.2) is 36.4 Å². The Morgan fingerprint density at radius 1 is 1.06 bits per heavy atom. The molecule has 1 aliphatic heterocycles. The zero-order valence-electron chi connectivity index (χ0n) is 8.59. The van der Waals surface area contributed by atoms with Crippen LogP contribution < -0.4 is 5.32 Å². The van der Waals surface area contributed by atoms with Crippen molar-refractivity contribution in [2.24, 2.45) is 0 Å². The molecule has 1 aliphatic rings. The van der Waals surface area contributed by atoms with E-state index in [9.17, 15) is 13.2 Å². The molecule has 1 aromatic carbocycles. The van der Waals surface area contributed by atoms with Crippen LogP contribution in [0.25, 0.3) is 0 Å². The van der Waals surface area contributed by atoms with Crippen molar-refractivity contribution in [3.63, 3.8) is 0 Å². The molecule has 1 heterocycles. The lowest BCUT2D eigenvalue weighted by molar-refractivity contribution is -0.137. The Bertz CT molecular complexity index is 378. The fourth-order valence-corrected chi connectivity index (χ4v) is 1.77. The number of rotatable bonds is 1. The Balaban J connectivity index is 2.16. The summed E-state index contributed by atoms with van der Waals surface area (Å²) in [6.45, 7) is 0.770. The summed E-state index contributed by atoms with van der Waals surface area (Å²) in [5, 5.41) is 3.23. The molecule has 1 unspecified atom stereocenters. The van der Waals surface area contributed by atoms with E-state index < -0.39 is 11.7 Å². The minimum Gasteiger partial charge on any atom is -0.306 e. The van der Waals surface area contributed by atoms with E-state index in [1.54, 1.807) is 12.1 Å². The van der Waals surface area contributed by atoms with E-state index >= 15 is 0 Å². The lowest BCUT2D eigenvalue weighted by Gasteiger charge is -2.20. The van der Waals surface area contributed by atoms with Crippen LogP contribution in [0.4, 0.5) is 13.2 Å². The molecule has 1 atom stereocenters. The fourth-order valence-electron chi connectivity index (χ4n) is 1.77. The topological polar surface area (TPSA) is 12.0 Å². The molecule has 2 rings (SSSR count). The van der Waals surface area contributed by atoms with E-state index in [0.29, 0.717) is 0 Å². The summed E-state index contributed by atoms with van der Waals surface area (Å²) in [4.78, 5) is 0. The Hall–Kier alpha value is -1.29. The molecule has 0 aromatic heterocycles. The second kappa shape index (κ2) is 4.29. The molecule has 1 nitrogen and oxygen atoms in total. The van der Waals surface area contributed by atoms with Crippen LogP contribution in [-0.4, -0.2) is 6.54 Å². The SMILES string of the molecule is FC(F)(F)c1ccc(C2CC=CCN2)cc1. The quantitative estimate of drug-likeness (QED) is 0.726. The van der Waals surface area contributed by atoms with Gasteiger partial charge in [-0.05, 0) is 24.1 Å². The minimum absolute atomic E-state index is 0.132. The molecule has 1 N–H and O–H groups in total. The predicted octanol–water partition coefficient (Wildman–Crippen LogP) is 3.30. The van der Waals surface area contributed by atoms with E-state index in [0.717, 1.165) is 30.7 Å². The number of nitrogens with one attached hydrogen (secondary N) is 1. The average molecular weight is 227 g/mol. The highest BCUT2D eigenvalue weighted by atomic mass is 19.4. The summed E-state index contributed by atoms with van der Waals surface area (Å²) in [6, 6.07) is 5.48. The van der Waals surface area contributed by atoms with Gasteiger partial charge in [-0.2, -0.15) is 13.2 Å². The summed E-state index contributed by atoms with van der Waals surface area (Å²) in [6.07, 6.45) is 0.628. The van der Waals surface area contributed by atoms with Gasteiger partial charge in [0.2, 0.25) is 0 Å². The van der Waals surface area contributed by atoms with E-state index in [-0.39, 0.29) is 6.04 Å². The zero-order chi connectivity index (χ0) is 11.6. The van der Waals surface area contributed by atoms with Crippen LogP contribution in [0.5, 0.6) is 0 Å². The van der Waals surface area contributed by atoms with Crippen molar-refractivity contribution in [3.8, 4) is 0 Å². The fraction of sp³-hybridized carbons (Fsp3) is 0.333. The molecule has 0 spiro atoms.